The van der Waals surface area contributed by atoms with Gasteiger partial charge in [0.1, 0.15) is 5.82 Å². The Kier molecular flexibility index (Phi) is 3.62. The maximum Gasteiger partial charge on any atom is 0.128 e. The second-order valence-corrected chi connectivity index (χ2v) is 7.37. The van der Waals surface area contributed by atoms with Crippen LogP contribution in [0.2, 0.25) is 0 Å². The Balaban J connectivity index is 1.33. The van der Waals surface area contributed by atoms with Crippen LogP contribution in [0.15, 0.2) is 18.3 Å². The lowest BCUT2D eigenvalue weighted by Crippen LogP contribution is -2.39. The lowest BCUT2D eigenvalue weighted by atomic mass is 9.77. The van der Waals surface area contributed by atoms with Crippen LogP contribution in [0.3, 0.4) is 0 Å². The van der Waals surface area contributed by atoms with Crippen molar-refractivity contribution in [3.8, 4) is 0 Å². The fraction of sp³-hybridized carbons (Fsp3) is 0.722. The molecule has 0 bridgehead atoms. The van der Waals surface area contributed by atoms with Crippen LogP contribution in [0.4, 0.5) is 5.82 Å². The average Bonchev–Trinajstić information content (AvgIpc) is 3.26. The Hall–Kier alpha value is -1.09. The van der Waals surface area contributed by atoms with Crippen molar-refractivity contribution in [2.24, 2.45) is 5.41 Å². The topological polar surface area (TPSA) is 28.2 Å². The van der Waals surface area contributed by atoms with Gasteiger partial charge in [-0.05, 0) is 55.6 Å². The summed E-state index contributed by atoms with van der Waals surface area (Å²) in [6.07, 6.45) is 13.4. The molecule has 2 saturated carbocycles. The number of anilines is 1. The molecule has 3 nitrogen and oxygen atoms in total. The van der Waals surface area contributed by atoms with E-state index in [2.05, 4.69) is 28.5 Å². The zero-order valence-corrected chi connectivity index (χ0v) is 13.0. The number of piperidine rings is 1. The molecule has 1 spiro atoms. The first-order valence-electron chi connectivity index (χ1n) is 8.76. The molecule has 0 aromatic carbocycles. The van der Waals surface area contributed by atoms with Crippen molar-refractivity contribution in [2.45, 2.75) is 64.0 Å². The second kappa shape index (κ2) is 5.60. The van der Waals surface area contributed by atoms with Crippen LogP contribution in [0.5, 0.6) is 0 Å². The molecule has 3 heteroatoms. The maximum absolute atomic E-state index is 4.70. The van der Waals surface area contributed by atoms with E-state index in [4.69, 9.17) is 4.98 Å². The molecule has 21 heavy (non-hydrogen) atoms. The number of rotatable bonds is 4. The number of pyridine rings is 1. The van der Waals surface area contributed by atoms with E-state index in [9.17, 15) is 0 Å². The first-order chi connectivity index (χ1) is 10.3. The van der Waals surface area contributed by atoms with Gasteiger partial charge in [-0.1, -0.05) is 18.9 Å². The van der Waals surface area contributed by atoms with Crippen LogP contribution in [0.25, 0.3) is 0 Å². The summed E-state index contributed by atoms with van der Waals surface area (Å²) < 4.78 is 0. The minimum absolute atomic E-state index is 0.699. The standard InChI is InChI=1S/C18H27N3/c1-2-8-18(7-1)9-11-21(12-10-18)17-6-3-15(14-20-17)13-19-16-4-5-16/h3,6,14,16,19H,1-2,4-5,7-13H2. The van der Waals surface area contributed by atoms with Gasteiger partial charge in [0.15, 0.2) is 0 Å². The summed E-state index contributed by atoms with van der Waals surface area (Å²) in [5.74, 6) is 1.18. The molecule has 3 fully saturated rings. The molecule has 2 aliphatic carbocycles. The quantitative estimate of drug-likeness (QED) is 0.918. The van der Waals surface area contributed by atoms with E-state index in [1.54, 1.807) is 0 Å². The highest BCUT2D eigenvalue weighted by molar-refractivity contribution is 5.40. The first-order valence-corrected chi connectivity index (χ1v) is 8.76. The van der Waals surface area contributed by atoms with Crippen molar-refractivity contribution >= 4 is 5.82 Å². The van der Waals surface area contributed by atoms with Gasteiger partial charge in [-0.2, -0.15) is 0 Å². The molecule has 114 valence electrons. The minimum atomic E-state index is 0.699. The highest BCUT2D eigenvalue weighted by Gasteiger charge is 2.37. The molecule has 0 radical (unpaired) electrons. The van der Waals surface area contributed by atoms with Gasteiger partial charge in [-0.3, -0.25) is 0 Å². The number of nitrogens with zero attached hydrogens (tertiary/aromatic N) is 2. The summed E-state index contributed by atoms with van der Waals surface area (Å²) in [6, 6.07) is 5.24. The van der Waals surface area contributed by atoms with Gasteiger partial charge >= 0.3 is 0 Å². The normalized spacial score (nSPS) is 24.7. The summed E-state index contributed by atoms with van der Waals surface area (Å²) in [6.45, 7) is 3.38. The van der Waals surface area contributed by atoms with Crippen molar-refractivity contribution in [1.29, 1.82) is 0 Å². The third kappa shape index (κ3) is 3.08. The first kappa shape index (κ1) is 13.6. The van der Waals surface area contributed by atoms with E-state index in [1.165, 1.54) is 75.8 Å². The smallest absolute Gasteiger partial charge is 0.128 e. The Morgan fingerprint density at radius 3 is 2.48 bits per heavy atom. The molecule has 0 unspecified atom stereocenters. The van der Waals surface area contributed by atoms with Crippen molar-refractivity contribution in [3.05, 3.63) is 23.9 Å². The second-order valence-electron chi connectivity index (χ2n) is 7.37. The number of nitrogens with one attached hydrogen (secondary N) is 1. The fourth-order valence-electron chi connectivity index (χ4n) is 4.09. The number of hydrogen-bond acceptors (Lipinski definition) is 3. The molecule has 0 amide bonds. The monoisotopic (exact) mass is 285 g/mol. The number of aromatic nitrogens is 1. The molecular formula is C18H27N3. The van der Waals surface area contributed by atoms with Crippen LogP contribution in [0, 0.1) is 5.41 Å². The molecule has 1 N–H and O–H groups in total. The maximum atomic E-state index is 4.70. The summed E-state index contributed by atoms with van der Waals surface area (Å²) in [5, 5.41) is 3.55. The summed E-state index contributed by atoms with van der Waals surface area (Å²) in [5.41, 5.74) is 2.01. The van der Waals surface area contributed by atoms with E-state index in [1.807, 2.05) is 0 Å². The lowest BCUT2D eigenvalue weighted by molar-refractivity contribution is 0.226. The van der Waals surface area contributed by atoms with E-state index in [-0.39, 0.29) is 0 Å². The Morgan fingerprint density at radius 1 is 1.10 bits per heavy atom. The Bertz CT molecular complexity index is 462. The van der Waals surface area contributed by atoms with Gasteiger partial charge < -0.3 is 10.2 Å². The van der Waals surface area contributed by atoms with Crippen molar-refractivity contribution < 1.29 is 0 Å². The average molecular weight is 285 g/mol. The fourth-order valence-corrected chi connectivity index (χ4v) is 4.09. The van der Waals surface area contributed by atoms with Crippen LogP contribution >= 0.6 is 0 Å². The third-order valence-corrected chi connectivity index (χ3v) is 5.79. The van der Waals surface area contributed by atoms with Gasteiger partial charge in [-0.15, -0.1) is 0 Å². The summed E-state index contributed by atoms with van der Waals surface area (Å²) in [7, 11) is 0. The van der Waals surface area contributed by atoms with Gasteiger partial charge in [0.2, 0.25) is 0 Å². The Morgan fingerprint density at radius 2 is 1.86 bits per heavy atom. The highest BCUT2D eigenvalue weighted by Crippen LogP contribution is 2.46. The number of hydrogen-bond donors (Lipinski definition) is 1. The molecule has 1 aliphatic heterocycles. The minimum Gasteiger partial charge on any atom is -0.357 e. The molecule has 1 aromatic heterocycles. The van der Waals surface area contributed by atoms with Crippen molar-refractivity contribution in [2.75, 3.05) is 18.0 Å². The van der Waals surface area contributed by atoms with Crippen molar-refractivity contribution in [3.63, 3.8) is 0 Å². The van der Waals surface area contributed by atoms with E-state index in [0.717, 1.165) is 12.6 Å². The third-order valence-electron chi connectivity index (χ3n) is 5.79. The van der Waals surface area contributed by atoms with E-state index < -0.39 is 0 Å². The largest absolute Gasteiger partial charge is 0.357 e. The summed E-state index contributed by atoms with van der Waals surface area (Å²) in [4.78, 5) is 7.19. The van der Waals surface area contributed by atoms with E-state index >= 15 is 0 Å². The van der Waals surface area contributed by atoms with Gasteiger partial charge in [0, 0.05) is 31.9 Å². The van der Waals surface area contributed by atoms with Crippen LogP contribution in [0.1, 0.15) is 56.9 Å². The Labute approximate surface area is 128 Å². The van der Waals surface area contributed by atoms with Gasteiger partial charge in [-0.25, -0.2) is 4.98 Å². The van der Waals surface area contributed by atoms with Crippen LogP contribution in [-0.2, 0) is 6.54 Å². The predicted octanol–water partition coefficient (Wildman–Crippen LogP) is 3.49. The molecule has 2 heterocycles. The summed E-state index contributed by atoms with van der Waals surface area (Å²) >= 11 is 0. The predicted molar refractivity (Wildman–Crippen MR) is 86.4 cm³/mol. The van der Waals surface area contributed by atoms with Gasteiger partial charge in [0.05, 0.1) is 0 Å². The SMILES string of the molecule is c1cc(N2CCC3(CCCC3)CC2)ncc1CNC1CC1. The molecule has 3 aliphatic rings. The molecule has 1 aromatic rings. The molecular weight excluding hydrogens is 258 g/mol. The van der Waals surface area contributed by atoms with Gasteiger partial charge in [0.25, 0.3) is 0 Å². The molecule has 4 rings (SSSR count). The van der Waals surface area contributed by atoms with E-state index in [0.29, 0.717) is 5.41 Å². The zero-order valence-electron chi connectivity index (χ0n) is 13.0. The highest BCUT2D eigenvalue weighted by atomic mass is 15.2. The van der Waals surface area contributed by atoms with Crippen LogP contribution < -0.4 is 10.2 Å². The molecule has 1 saturated heterocycles. The van der Waals surface area contributed by atoms with Crippen molar-refractivity contribution in [1.82, 2.24) is 10.3 Å². The van der Waals surface area contributed by atoms with Crippen LogP contribution in [-0.4, -0.2) is 24.1 Å². The lowest BCUT2D eigenvalue weighted by Gasteiger charge is -2.40. The molecule has 0 atom stereocenters. The zero-order chi connectivity index (χ0) is 14.1.